The molecule has 4 nitrogen and oxygen atoms in total. The molecule has 1 heterocycles. The molecule has 1 fully saturated rings. The van der Waals surface area contributed by atoms with E-state index in [-0.39, 0.29) is 11.4 Å². The number of hydrogen-bond donors (Lipinski definition) is 0. The summed E-state index contributed by atoms with van der Waals surface area (Å²) in [6.07, 6.45) is 6.57. The zero-order valence-corrected chi connectivity index (χ0v) is 17.1. The van der Waals surface area contributed by atoms with E-state index >= 15 is 0 Å². The molecular weight excluding hydrogens is 392 g/mol. The minimum Gasteiger partial charge on any atom is -0.207 e. The molecule has 3 aromatic carbocycles. The fourth-order valence-electron chi connectivity index (χ4n) is 4.70. The highest BCUT2D eigenvalue weighted by molar-refractivity contribution is 7.89. The van der Waals surface area contributed by atoms with Gasteiger partial charge in [0.15, 0.2) is 0 Å². The summed E-state index contributed by atoms with van der Waals surface area (Å²) in [4.78, 5) is 0.242. The average molecular weight is 413 g/mol. The maximum atomic E-state index is 13.7. The molecule has 0 amide bonds. The minimum atomic E-state index is -3.80. The monoisotopic (exact) mass is 412 g/mol. The van der Waals surface area contributed by atoms with Crippen molar-refractivity contribution in [3.8, 4) is 6.07 Å². The molecule has 1 saturated heterocycles. The van der Waals surface area contributed by atoms with E-state index in [0.29, 0.717) is 6.42 Å². The van der Waals surface area contributed by atoms with Crippen molar-refractivity contribution in [2.45, 2.75) is 17.4 Å². The summed E-state index contributed by atoms with van der Waals surface area (Å²) < 4.78 is 29.0. The van der Waals surface area contributed by atoms with Crippen molar-refractivity contribution in [2.24, 2.45) is 5.41 Å². The van der Waals surface area contributed by atoms with Gasteiger partial charge in [0.2, 0.25) is 10.0 Å². The number of nitrogens with zero attached hydrogens (tertiary/aromatic N) is 2. The molecule has 2 atom stereocenters. The zero-order valence-electron chi connectivity index (χ0n) is 16.3. The van der Waals surface area contributed by atoms with Crippen LogP contribution in [0.3, 0.4) is 0 Å². The summed E-state index contributed by atoms with van der Waals surface area (Å²) in [5.74, 6) is 0. The van der Waals surface area contributed by atoms with Crippen LogP contribution in [0.15, 0.2) is 101 Å². The summed E-state index contributed by atoms with van der Waals surface area (Å²) in [7, 11) is -3.80. The summed E-state index contributed by atoms with van der Waals surface area (Å²) in [6.45, 7) is 0.211. The standard InChI is InChI=1S/C25H20N2O2S/c26-18-25-16-7-6-11-20(25)17-27(30(28,29)21-12-2-1-3-13-21)24(25)23-15-8-10-19-9-4-5-14-22(19)23/h1-5,7-16,24H,6,17H2. The average Bonchev–Trinajstić information content (AvgIpc) is 3.15. The van der Waals surface area contributed by atoms with E-state index in [0.717, 1.165) is 21.9 Å². The molecule has 5 rings (SSSR count). The second-order valence-corrected chi connectivity index (χ2v) is 9.57. The molecule has 3 aromatic rings. The van der Waals surface area contributed by atoms with Crippen LogP contribution in [0.25, 0.3) is 10.8 Å². The number of fused-ring (bicyclic) bond motifs is 2. The highest BCUT2D eigenvalue weighted by Gasteiger charge is 2.55. The van der Waals surface area contributed by atoms with E-state index in [1.807, 2.05) is 60.7 Å². The van der Waals surface area contributed by atoms with Gasteiger partial charge in [-0.1, -0.05) is 78.9 Å². The lowest BCUT2D eigenvalue weighted by Gasteiger charge is -2.33. The van der Waals surface area contributed by atoms with E-state index in [1.54, 1.807) is 30.3 Å². The Kier molecular flexibility index (Phi) is 4.35. The van der Waals surface area contributed by atoms with Crippen molar-refractivity contribution in [3.05, 3.63) is 102 Å². The van der Waals surface area contributed by atoms with Crippen molar-refractivity contribution in [2.75, 3.05) is 6.54 Å². The largest absolute Gasteiger partial charge is 0.244 e. The SMILES string of the molecule is N#CC12C=CCC=C1CN(S(=O)(=O)c1ccccc1)C2c1cccc2ccccc12. The van der Waals surface area contributed by atoms with Gasteiger partial charge in [0.1, 0.15) is 5.41 Å². The van der Waals surface area contributed by atoms with Crippen LogP contribution < -0.4 is 0 Å². The normalized spacial score (nSPS) is 23.7. The highest BCUT2D eigenvalue weighted by atomic mass is 32.2. The van der Waals surface area contributed by atoms with Gasteiger partial charge in [-0.2, -0.15) is 9.57 Å². The van der Waals surface area contributed by atoms with Gasteiger partial charge < -0.3 is 0 Å². The van der Waals surface area contributed by atoms with Crippen LogP contribution in [0.2, 0.25) is 0 Å². The molecule has 2 aliphatic rings. The van der Waals surface area contributed by atoms with E-state index in [2.05, 4.69) is 6.07 Å². The summed E-state index contributed by atoms with van der Waals surface area (Å²) in [5, 5.41) is 12.3. The first kappa shape index (κ1) is 18.8. The fourth-order valence-corrected chi connectivity index (χ4v) is 6.34. The Morgan fingerprint density at radius 2 is 1.70 bits per heavy atom. The van der Waals surface area contributed by atoms with Gasteiger partial charge >= 0.3 is 0 Å². The molecule has 0 bridgehead atoms. The smallest absolute Gasteiger partial charge is 0.207 e. The van der Waals surface area contributed by atoms with Crippen molar-refractivity contribution >= 4 is 20.8 Å². The van der Waals surface area contributed by atoms with Crippen molar-refractivity contribution in [3.63, 3.8) is 0 Å². The molecule has 0 saturated carbocycles. The van der Waals surface area contributed by atoms with Crippen LogP contribution in [0.4, 0.5) is 0 Å². The van der Waals surface area contributed by atoms with Crippen molar-refractivity contribution in [1.82, 2.24) is 4.31 Å². The Bertz CT molecular complexity index is 1330. The Labute approximate surface area is 176 Å². The van der Waals surface area contributed by atoms with Gasteiger partial charge in [-0.25, -0.2) is 8.42 Å². The predicted octanol–water partition coefficient (Wildman–Crippen LogP) is 4.98. The molecular formula is C25H20N2O2S. The Morgan fingerprint density at radius 3 is 2.50 bits per heavy atom. The number of nitriles is 1. The molecule has 30 heavy (non-hydrogen) atoms. The maximum Gasteiger partial charge on any atom is 0.244 e. The molecule has 1 aliphatic heterocycles. The van der Waals surface area contributed by atoms with Gasteiger partial charge in [0.05, 0.1) is 17.0 Å². The fraction of sp³-hybridized carbons (Fsp3) is 0.160. The summed E-state index contributed by atoms with van der Waals surface area (Å²) >= 11 is 0. The lowest BCUT2D eigenvalue weighted by atomic mass is 9.72. The maximum absolute atomic E-state index is 13.7. The van der Waals surface area contributed by atoms with E-state index in [9.17, 15) is 13.7 Å². The quantitative estimate of drug-likeness (QED) is 0.570. The molecule has 0 N–H and O–H groups in total. The van der Waals surface area contributed by atoms with Crippen LogP contribution in [-0.4, -0.2) is 19.3 Å². The van der Waals surface area contributed by atoms with E-state index in [1.165, 1.54) is 4.31 Å². The van der Waals surface area contributed by atoms with Crippen LogP contribution in [0, 0.1) is 16.7 Å². The lowest BCUT2D eigenvalue weighted by Crippen LogP contribution is -2.35. The third-order valence-corrected chi connectivity index (χ3v) is 7.94. The van der Waals surface area contributed by atoms with Crippen LogP contribution >= 0.6 is 0 Å². The van der Waals surface area contributed by atoms with Gasteiger partial charge in [-0.05, 0) is 40.5 Å². The Morgan fingerprint density at radius 1 is 0.967 bits per heavy atom. The van der Waals surface area contributed by atoms with Crippen molar-refractivity contribution < 1.29 is 8.42 Å². The molecule has 2 unspecified atom stereocenters. The van der Waals surface area contributed by atoms with E-state index < -0.39 is 21.5 Å². The molecule has 0 radical (unpaired) electrons. The number of sulfonamides is 1. The first-order valence-corrected chi connectivity index (χ1v) is 11.3. The second-order valence-electron chi connectivity index (χ2n) is 7.68. The summed E-state index contributed by atoms with van der Waals surface area (Å²) in [5.41, 5.74) is 0.693. The third-order valence-electron chi connectivity index (χ3n) is 6.11. The van der Waals surface area contributed by atoms with Crippen molar-refractivity contribution in [1.29, 1.82) is 5.26 Å². The first-order chi connectivity index (χ1) is 14.6. The third kappa shape index (κ3) is 2.65. The number of benzene rings is 3. The summed E-state index contributed by atoms with van der Waals surface area (Å²) in [6, 6.07) is 24.1. The Hall–Kier alpha value is -3.20. The molecule has 1 aliphatic carbocycles. The Balaban J connectivity index is 1.79. The molecule has 0 aromatic heterocycles. The van der Waals surface area contributed by atoms with Gasteiger partial charge in [-0.3, -0.25) is 0 Å². The molecule has 148 valence electrons. The lowest BCUT2D eigenvalue weighted by molar-refractivity contribution is 0.337. The second kappa shape index (κ2) is 6.94. The first-order valence-electron chi connectivity index (χ1n) is 9.91. The highest BCUT2D eigenvalue weighted by Crippen LogP contribution is 2.55. The van der Waals surface area contributed by atoms with Crippen LogP contribution in [0.5, 0.6) is 0 Å². The zero-order chi connectivity index (χ0) is 20.8. The number of hydrogen-bond acceptors (Lipinski definition) is 3. The number of allylic oxidation sites excluding steroid dienone is 2. The van der Waals surface area contributed by atoms with Gasteiger partial charge in [-0.15, -0.1) is 0 Å². The van der Waals surface area contributed by atoms with Crippen LogP contribution in [0.1, 0.15) is 18.0 Å². The van der Waals surface area contributed by atoms with Crippen LogP contribution in [-0.2, 0) is 10.0 Å². The topological polar surface area (TPSA) is 61.2 Å². The molecule has 5 heteroatoms. The molecule has 0 spiro atoms. The number of rotatable bonds is 3. The van der Waals surface area contributed by atoms with Gasteiger partial charge in [0.25, 0.3) is 0 Å². The minimum absolute atomic E-state index is 0.211. The predicted molar refractivity (Wildman–Crippen MR) is 117 cm³/mol. The van der Waals surface area contributed by atoms with Gasteiger partial charge in [0, 0.05) is 6.54 Å². The van der Waals surface area contributed by atoms with E-state index in [4.69, 9.17) is 0 Å².